The summed E-state index contributed by atoms with van der Waals surface area (Å²) in [4.78, 5) is 16.0. The van der Waals surface area contributed by atoms with E-state index in [4.69, 9.17) is 16.6 Å². The van der Waals surface area contributed by atoms with Crippen molar-refractivity contribution in [3.8, 4) is 0 Å². The average Bonchev–Trinajstić information content (AvgIpc) is 3.28. The lowest BCUT2D eigenvalue weighted by atomic mass is 10.1. The van der Waals surface area contributed by atoms with Crippen LogP contribution in [0.15, 0.2) is 48.5 Å². The number of nitrogens with zero attached hydrogens (tertiary/aromatic N) is 3. The Hall–Kier alpha value is -2.96. The monoisotopic (exact) mass is 451 g/mol. The van der Waals surface area contributed by atoms with Crippen LogP contribution >= 0.6 is 22.9 Å². The number of hydrogen-bond donors (Lipinski definition) is 1. The predicted molar refractivity (Wildman–Crippen MR) is 127 cm³/mol. The van der Waals surface area contributed by atoms with E-state index in [1.165, 1.54) is 5.56 Å². The quantitative estimate of drug-likeness (QED) is 0.362. The molecule has 0 aliphatic carbocycles. The summed E-state index contributed by atoms with van der Waals surface area (Å²) in [6, 6.07) is 16.2. The van der Waals surface area contributed by atoms with Crippen molar-refractivity contribution in [2.75, 3.05) is 0 Å². The van der Waals surface area contributed by atoms with E-state index in [1.807, 2.05) is 37.3 Å². The third-order valence-electron chi connectivity index (χ3n) is 5.06. The van der Waals surface area contributed by atoms with Gasteiger partial charge in [0.15, 0.2) is 0 Å². The van der Waals surface area contributed by atoms with Crippen LogP contribution in [0.3, 0.4) is 0 Å². The van der Waals surface area contributed by atoms with Gasteiger partial charge in [-0.1, -0.05) is 53.6 Å². The molecule has 4 aromatic rings. The maximum absolute atomic E-state index is 11.2. The number of benzene rings is 2. The molecule has 0 fully saturated rings. The Morgan fingerprint density at radius 2 is 1.87 bits per heavy atom. The number of halogens is 1. The van der Waals surface area contributed by atoms with Crippen molar-refractivity contribution in [1.82, 2.24) is 14.8 Å². The summed E-state index contributed by atoms with van der Waals surface area (Å²) < 4.78 is 2.84. The molecule has 0 unspecified atom stereocenters. The lowest BCUT2D eigenvalue weighted by molar-refractivity contribution is -0.136. The van der Waals surface area contributed by atoms with Gasteiger partial charge in [-0.25, -0.2) is 9.67 Å². The highest BCUT2D eigenvalue weighted by Gasteiger charge is 2.16. The molecule has 0 bridgehead atoms. The van der Waals surface area contributed by atoms with E-state index in [2.05, 4.69) is 36.3 Å². The number of carboxylic acids is 1. The number of carbonyl (C=O) groups is 1. The van der Waals surface area contributed by atoms with Crippen LogP contribution in [0.2, 0.25) is 5.15 Å². The zero-order valence-electron chi connectivity index (χ0n) is 17.3. The molecule has 0 saturated carbocycles. The second-order valence-electron chi connectivity index (χ2n) is 7.48. The van der Waals surface area contributed by atoms with Crippen molar-refractivity contribution in [1.29, 1.82) is 0 Å². The average molecular weight is 452 g/mol. The molecule has 4 rings (SSSR count). The molecule has 0 amide bonds. The highest BCUT2D eigenvalue weighted by Crippen LogP contribution is 2.33. The SMILES string of the molecule is Cc1ccc(Cn2nc(C)c(/C=C(\CCC(=O)O)c3nc4ccccc4s3)c2Cl)cc1. The van der Waals surface area contributed by atoms with Gasteiger partial charge in [0.1, 0.15) is 10.2 Å². The second-order valence-corrected chi connectivity index (χ2v) is 8.87. The number of carboxylic acid groups (broad SMARTS) is 1. The molecule has 0 spiro atoms. The van der Waals surface area contributed by atoms with Crippen molar-refractivity contribution >= 4 is 50.8 Å². The largest absolute Gasteiger partial charge is 0.481 e. The van der Waals surface area contributed by atoms with Crippen LogP contribution in [0, 0.1) is 13.8 Å². The van der Waals surface area contributed by atoms with Gasteiger partial charge in [-0.2, -0.15) is 5.10 Å². The third kappa shape index (κ3) is 4.86. The molecule has 0 atom stereocenters. The van der Waals surface area contributed by atoms with E-state index >= 15 is 0 Å². The van der Waals surface area contributed by atoms with E-state index in [9.17, 15) is 9.90 Å². The van der Waals surface area contributed by atoms with Gasteiger partial charge in [-0.3, -0.25) is 4.79 Å². The van der Waals surface area contributed by atoms with Gasteiger partial charge in [0, 0.05) is 12.0 Å². The minimum Gasteiger partial charge on any atom is -0.481 e. The topological polar surface area (TPSA) is 68.0 Å². The van der Waals surface area contributed by atoms with E-state index in [0.717, 1.165) is 37.6 Å². The number of thiazole rings is 1. The number of aryl methyl sites for hydroxylation is 2. The van der Waals surface area contributed by atoms with E-state index in [1.54, 1.807) is 16.0 Å². The first-order chi connectivity index (χ1) is 14.9. The van der Waals surface area contributed by atoms with Crippen LogP contribution < -0.4 is 0 Å². The van der Waals surface area contributed by atoms with Gasteiger partial charge in [-0.05, 0) is 49.6 Å². The van der Waals surface area contributed by atoms with Crippen LogP contribution in [0.25, 0.3) is 21.9 Å². The maximum atomic E-state index is 11.2. The molecule has 2 aromatic carbocycles. The van der Waals surface area contributed by atoms with Crippen LogP contribution in [0.4, 0.5) is 0 Å². The molecule has 1 N–H and O–H groups in total. The van der Waals surface area contributed by atoms with Crippen LogP contribution in [0.5, 0.6) is 0 Å². The lowest BCUT2D eigenvalue weighted by Crippen LogP contribution is -2.02. The van der Waals surface area contributed by atoms with Gasteiger partial charge in [-0.15, -0.1) is 11.3 Å². The fourth-order valence-electron chi connectivity index (χ4n) is 3.37. The summed E-state index contributed by atoms with van der Waals surface area (Å²) >= 11 is 8.26. The number of rotatable bonds is 7. The first-order valence-electron chi connectivity index (χ1n) is 9.97. The molecular weight excluding hydrogens is 430 g/mol. The summed E-state index contributed by atoms with van der Waals surface area (Å²) in [7, 11) is 0. The summed E-state index contributed by atoms with van der Waals surface area (Å²) in [5.41, 5.74) is 5.67. The fraction of sp³-hybridized carbons (Fsp3) is 0.208. The molecular formula is C24H22ClN3O2S. The molecule has 5 nitrogen and oxygen atoms in total. The van der Waals surface area contributed by atoms with Crippen molar-refractivity contribution < 1.29 is 9.90 Å². The normalized spacial score (nSPS) is 11.9. The molecule has 7 heteroatoms. The van der Waals surface area contributed by atoms with Gasteiger partial charge < -0.3 is 5.11 Å². The highest BCUT2D eigenvalue weighted by molar-refractivity contribution is 7.19. The third-order valence-corrected chi connectivity index (χ3v) is 6.57. The Kier molecular flexibility index (Phi) is 6.20. The zero-order valence-corrected chi connectivity index (χ0v) is 18.9. The Bertz CT molecular complexity index is 1240. The lowest BCUT2D eigenvalue weighted by Gasteiger charge is -2.05. The molecule has 0 radical (unpaired) electrons. The first-order valence-corrected chi connectivity index (χ1v) is 11.2. The first kappa shape index (κ1) is 21.3. The standard InChI is InChI=1S/C24H22ClN3O2S/c1-15-7-9-17(10-8-15)14-28-23(25)19(16(2)27-28)13-18(11-12-22(29)30)24-26-20-5-3-4-6-21(20)31-24/h3-10,13H,11-12,14H2,1-2H3,(H,29,30)/b18-13+. The number of hydrogen-bond acceptors (Lipinski definition) is 4. The predicted octanol–water partition coefficient (Wildman–Crippen LogP) is 6.22. The summed E-state index contributed by atoms with van der Waals surface area (Å²) in [6.07, 6.45) is 2.33. The summed E-state index contributed by atoms with van der Waals surface area (Å²) in [6.45, 7) is 4.54. The van der Waals surface area contributed by atoms with Crippen molar-refractivity contribution in [2.45, 2.75) is 33.2 Å². The Morgan fingerprint density at radius 3 is 2.58 bits per heavy atom. The Balaban J connectivity index is 1.71. The number of allylic oxidation sites excluding steroid dienone is 1. The Morgan fingerprint density at radius 1 is 1.13 bits per heavy atom. The van der Waals surface area contributed by atoms with Gasteiger partial charge in [0.25, 0.3) is 0 Å². The number of fused-ring (bicyclic) bond motifs is 1. The maximum Gasteiger partial charge on any atom is 0.303 e. The molecule has 0 aliphatic heterocycles. The fourth-order valence-corrected chi connectivity index (χ4v) is 4.67. The van der Waals surface area contributed by atoms with Gasteiger partial charge >= 0.3 is 5.97 Å². The molecule has 31 heavy (non-hydrogen) atoms. The minimum absolute atomic E-state index is 0.0237. The summed E-state index contributed by atoms with van der Waals surface area (Å²) in [5.74, 6) is -0.843. The number of aliphatic carboxylic acids is 1. The molecule has 0 saturated heterocycles. The number of aromatic nitrogens is 3. The van der Waals surface area contributed by atoms with E-state index in [0.29, 0.717) is 18.1 Å². The number of para-hydroxylation sites is 1. The van der Waals surface area contributed by atoms with Gasteiger partial charge in [0.05, 0.1) is 22.5 Å². The van der Waals surface area contributed by atoms with Crippen LogP contribution in [-0.4, -0.2) is 25.8 Å². The molecule has 158 valence electrons. The second kappa shape index (κ2) is 9.04. The van der Waals surface area contributed by atoms with Crippen molar-refractivity contribution in [2.24, 2.45) is 0 Å². The Labute approximate surface area is 189 Å². The van der Waals surface area contributed by atoms with E-state index in [-0.39, 0.29) is 6.42 Å². The van der Waals surface area contributed by atoms with E-state index < -0.39 is 5.97 Å². The minimum atomic E-state index is -0.843. The highest BCUT2D eigenvalue weighted by atomic mass is 35.5. The molecule has 2 aromatic heterocycles. The summed E-state index contributed by atoms with van der Waals surface area (Å²) in [5, 5.41) is 15.2. The van der Waals surface area contributed by atoms with Crippen LogP contribution in [-0.2, 0) is 11.3 Å². The van der Waals surface area contributed by atoms with Crippen molar-refractivity contribution in [3.63, 3.8) is 0 Å². The van der Waals surface area contributed by atoms with Gasteiger partial charge in [0.2, 0.25) is 0 Å². The molecule has 0 aliphatic rings. The smallest absolute Gasteiger partial charge is 0.303 e. The van der Waals surface area contributed by atoms with Crippen molar-refractivity contribution in [3.05, 3.63) is 81.1 Å². The molecule has 2 heterocycles. The zero-order chi connectivity index (χ0) is 22.0. The van der Waals surface area contributed by atoms with Crippen LogP contribution in [0.1, 0.15) is 40.2 Å².